The Kier molecular flexibility index (Phi) is 3.34. The van der Waals surface area contributed by atoms with Crippen molar-refractivity contribution >= 4 is 22.6 Å². The Bertz CT molecular complexity index is 892. The zero-order chi connectivity index (χ0) is 15.9. The smallest absolute Gasteiger partial charge is 0.344 e. The molecular formula is C12H11N3O6. The maximum absolute atomic E-state index is 12.0. The molecule has 21 heavy (non-hydrogen) atoms. The van der Waals surface area contributed by atoms with Crippen molar-refractivity contribution in [3.63, 3.8) is 0 Å². The predicted octanol–water partition coefficient (Wildman–Crippen LogP) is -0.0680. The van der Waals surface area contributed by atoms with E-state index in [9.17, 15) is 24.5 Å². The Hall–Kier alpha value is -2.97. The highest BCUT2D eigenvalue weighted by Gasteiger charge is 2.24. The molecule has 1 aromatic carbocycles. The summed E-state index contributed by atoms with van der Waals surface area (Å²) in [5.41, 5.74) is -2.03. The summed E-state index contributed by atoms with van der Waals surface area (Å²) in [5, 5.41) is 11.0. The van der Waals surface area contributed by atoms with Crippen molar-refractivity contribution < 1.29 is 14.5 Å². The highest BCUT2D eigenvalue weighted by Crippen LogP contribution is 2.24. The lowest BCUT2D eigenvalue weighted by molar-refractivity contribution is -0.385. The number of methoxy groups -OCH3 is 1. The second kappa shape index (κ2) is 4.85. The summed E-state index contributed by atoms with van der Waals surface area (Å²) in [4.78, 5) is 45.8. The zero-order valence-corrected chi connectivity index (χ0v) is 11.4. The van der Waals surface area contributed by atoms with E-state index >= 15 is 0 Å². The van der Waals surface area contributed by atoms with Crippen LogP contribution in [0.25, 0.3) is 10.9 Å². The van der Waals surface area contributed by atoms with Crippen LogP contribution in [0.4, 0.5) is 5.69 Å². The van der Waals surface area contributed by atoms with Gasteiger partial charge in [0.05, 0.1) is 22.9 Å². The molecule has 0 amide bonds. The number of nitro groups is 1. The first-order valence-corrected chi connectivity index (χ1v) is 5.76. The number of hydrogen-bond acceptors (Lipinski definition) is 6. The number of hydrogen-bond donors (Lipinski definition) is 0. The quantitative estimate of drug-likeness (QED) is 0.435. The van der Waals surface area contributed by atoms with Crippen LogP contribution < -0.4 is 11.2 Å². The SMILES string of the molecule is COC(=O)c1cc2c(cc1[N+](=O)[O-])c(=O)n(C)c(=O)n2C. The normalized spacial score (nSPS) is 10.6. The number of carbonyl (C=O) groups is 1. The third kappa shape index (κ3) is 2.08. The summed E-state index contributed by atoms with van der Waals surface area (Å²) in [6, 6.07) is 2.09. The lowest BCUT2D eigenvalue weighted by Crippen LogP contribution is -2.37. The average Bonchev–Trinajstić information content (AvgIpc) is 2.48. The summed E-state index contributed by atoms with van der Waals surface area (Å²) in [5.74, 6) is -0.920. The fourth-order valence-corrected chi connectivity index (χ4v) is 2.05. The molecule has 0 fully saturated rings. The number of benzene rings is 1. The number of nitro benzene ring substituents is 1. The van der Waals surface area contributed by atoms with Crippen molar-refractivity contribution in [2.24, 2.45) is 14.1 Å². The van der Waals surface area contributed by atoms with Crippen LogP contribution in [0.15, 0.2) is 21.7 Å². The van der Waals surface area contributed by atoms with E-state index in [4.69, 9.17) is 0 Å². The van der Waals surface area contributed by atoms with Gasteiger partial charge in [-0.15, -0.1) is 0 Å². The van der Waals surface area contributed by atoms with Crippen LogP contribution >= 0.6 is 0 Å². The fourth-order valence-electron chi connectivity index (χ4n) is 2.05. The number of esters is 1. The summed E-state index contributed by atoms with van der Waals surface area (Å²) < 4.78 is 6.46. The molecular weight excluding hydrogens is 282 g/mol. The van der Waals surface area contributed by atoms with E-state index in [1.807, 2.05) is 0 Å². The first kappa shape index (κ1) is 14.4. The Morgan fingerprint density at radius 3 is 2.38 bits per heavy atom. The third-order valence-electron chi connectivity index (χ3n) is 3.19. The van der Waals surface area contributed by atoms with Crippen LogP contribution in [-0.2, 0) is 18.8 Å². The zero-order valence-electron chi connectivity index (χ0n) is 11.4. The molecule has 1 heterocycles. The molecule has 0 N–H and O–H groups in total. The van der Waals surface area contributed by atoms with Gasteiger partial charge in [0.15, 0.2) is 0 Å². The number of rotatable bonds is 2. The minimum atomic E-state index is -0.920. The highest BCUT2D eigenvalue weighted by molar-refractivity contribution is 5.99. The highest BCUT2D eigenvalue weighted by atomic mass is 16.6. The van der Waals surface area contributed by atoms with Gasteiger partial charge in [-0.2, -0.15) is 0 Å². The van der Waals surface area contributed by atoms with E-state index in [2.05, 4.69) is 4.74 Å². The average molecular weight is 293 g/mol. The second-order valence-electron chi connectivity index (χ2n) is 4.34. The monoisotopic (exact) mass is 293 g/mol. The number of aryl methyl sites for hydroxylation is 1. The van der Waals surface area contributed by atoms with Gasteiger partial charge in [-0.25, -0.2) is 9.59 Å². The Morgan fingerprint density at radius 1 is 1.24 bits per heavy atom. The minimum Gasteiger partial charge on any atom is -0.465 e. The largest absolute Gasteiger partial charge is 0.465 e. The number of fused-ring (bicyclic) bond motifs is 1. The van der Waals surface area contributed by atoms with E-state index in [-0.39, 0.29) is 16.5 Å². The van der Waals surface area contributed by atoms with Gasteiger partial charge in [0.25, 0.3) is 11.2 Å². The summed E-state index contributed by atoms with van der Waals surface area (Å²) >= 11 is 0. The molecule has 1 aromatic heterocycles. The molecule has 9 heteroatoms. The summed E-state index contributed by atoms with van der Waals surface area (Å²) in [6.45, 7) is 0. The maximum Gasteiger partial charge on any atom is 0.344 e. The van der Waals surface area contributed by atoms with Crippen LogP contribution in [0, 0.1) is 10.1 Å². The number of carbonyl (C=O) groups excluding carboxylic acids is 1. The molecule has 0 atom stereocenters. The summed E-state index contributed by atoms with van der Waals surface area (Å²) in [6.07, 6.45) is 0. The molecule has 0 bridgehead atoms. The van der Waals surface area contributed by atoms with Crippen molar-refractivity contribution in [3.05, 3.63) is 48.6 Å². The molecule has 0 spiro atoms. The van der Waals surface area contributed by atoms with E-state index < -0.39 is 27.8 Å². The van der Waals surface area contributed by atoms with Crippen LogP contribution in [0.3, 0.4) is 0 Å². The van der Waals surface area contributed by atoms with Crippen molar-refractivity contribution in [1.29, 1.82) is 0 Å². The van der Waals surface area contributed by atoms with Crippen molar-refractivity contribution in [1.82, 2.24) is 9.13 Å². The van der Waals surface area contributed by atoms with Gasteiger partial charge < -0.3 is 4.74 Å². The van der Waals surface area contributed by atoms with Gasteiger partial charge in [-0.05, 0) is 6.07 Å². The molecule has 0 aliphatic heterocycles. The van der Waals surface area contributed by atoms with Crippen LogP contribution in [-0.4, -0.2) is 27.1 Å². The molecule has 110 valence electrons. The first-order valence-electron chi connectivity index (χ1n) is 5.76. The first-order chi connectivity index (χ1) is 9.79. The number of ether oxygens (including phenoxy) is 1. The van der Waals surface area contributed by atoms with Crippen molar-refractivity contribution in [3.8, 4) is 0 Å². The number of nitrogens with zero attached hydrogens (tertiary/aromatic N) is 3. The van der Waals surface area contributed by atoms with Crippen LogP contribution in [0.2, 0.25) is 0 Å². The molecule has 2 rings (SSSR count). The molecule has 0 aliphatic rings. The van der Waals surface area contributed by atoms with Crippen molar-refractivity contribution in [2.75, 3.05) is 7.11 Å². The number of aromatic nitrogens is 2. The minimum absolute atomic E-state index is 0.0287. The Balaban J connectivity index is 3.06. The fraction of sp³-hybridized carbons (Fsp3) is 0.250. The predicted molar refractivity (Wildman–Crippen MR) is 72.4 cm³/mol. The van der Waals surface area contributed by atoms with E-state index in [1.165, 1.54) is 14.1 Å². The van der Waals surface area contributed by atoms with Gasteiger partial charge in [-0.1, -0.05) is 0 Å². The van der Waals surface area contributed by atoms with E-state index in [0.29, 0.717) is 0 Å². The van der Waals surface area contributed by atoms with Gasteiger partial charge in [0.1, 0.15) is 5.56 Å². The lowest BCUT2D eigenvalue weighted by atomic mass is 10.1. The van der Waals surface area contributed by atoms with Crippen molar-refractivity contribution in [2.45, 2.75) is 0 Å². The molecule has 0 aliphatic carbocycles. The Morgan fingerprint density at radius 2 is 1.86 bits per heavy atom. The molecule has 0 saturated heterocycles. The third-order valence-corrected chi connectivity index (χ3v) is 3.19. The van der Waals surface area contributed by atoms with Gasteiger partial charge in [0, 0.05) is 20.2 Å². The van der Waals surface area contributed by atoms with E-state index in [1.54, 1.807) is 0 Å². The Labute approximate surface area is 117 Å². The second-order valence-corrected chi connectivity index (χ2v) is 4.34. The topological polar surface area (TPSA) is 113 Å². The maximum atomic E-state index is 12.0. The lowest BCUT2D eigenvalue weighted by Gasteiger charge is -2.09. The molecule has 0 saturated carbocycles. The van der Waals surface area contributed by atoms with Gasteiger partial charge in [-0.3, -0.25) is 24.0 Å². The summed E-state index contributed by atoms with van der Waals surface area (Å²) in [7, 11) is 3.75. The molecule has 0 unspecified atom stereocenters. The van der Waals surface area contributed by atoms with Crippen LogP contribution in [0.5, 0.6) is 0 Å². The van der Waals surface area contributed by atoms with Gasteiger partial charge in [0.2, 0.25) is 0 Å². The molecule has 2 aromatic rings. The van der Waals surface area contributed by atoms with Gasteiger partial charge >= 0.3 is 11.7 Å². The standard InChI is InChI=1S/C12H11N3O6/c1-13-8-5-7(11(17)21-3)9(15(19)20)4-6(8)10(16)14(2)12(13)18/h4-5H,1-3H3. The molecule has 0 radical (unpaired) electrons. The van der Waals surface area contributed by atoms with Crippen LogP contribution in [0.1, 0.15) is 10.4 Å². The van der Waals surface area contributed by atoms with E-state index in [0.717, 1.165) is 28.4 Å². The molecule has 9 nitrogen and oxygen atoms in total.